The summed E-state index contributed by atoms with van der Waals surface area (Å²) in [5.41, 5.74) is 7.08. The molecular formula is C14H19N3O3S. The number of benzene rings is 1. The van der Waals surface area contributed by atoms with Crippen molar-refractivity contribution in [3.8, 4) is 0 Å². The smallest absolute Gasteiger partial charge is 0.245 e. The molecule has 0 spiro atoms. The third-order valence-electron chi connectivity index (χ3n) is 4.24. The predicted molar refractivity (Wildman–Crippen MR) is 79.1 cm³/mol. The van der Waals surface area contributed by atoms with Gasteiger partial charge >= 0.3 is 0 Å². The van der Waals surface area contributed by atoms with Gasteiger partial charge in [-0.1, -0.05) is 6.07 Å². The number of sulfonamides is 1. The van der Waals surface area contributed by atoms with Crippen LogP contribution >= 0.6 is 0 Å². The summed E-state index contributed by atoms with van der Waals surface area (Å²) in [4.78, 5) is 13.6. The fraction of sp³-hybridized carbons (Fsp3) is 0.500. The summed E-state index contributed by atoms with van der Waals surface area (Å²) in [6, 6.07) is 4.99. The van der Waals surface area contributed by atoms with E-state index in [0.29, 0.717) is 26.1 Å². The minimum absolute atomic E-state index is 0.00713. The van der Waals surface area contributed by atoms with E-state index in [9.17, 15) is 13.2 Å². The summed E-state index contributed by atoms with van der Waals surface area (Å²) >= 11 is 0. The topological polar surface area (TPSA) is 83.7 Å². The molecule has 0 aromatic heterocycles. The second-order valence-electron chi connectivity index (χ2n) is 5.68. The van der Waals surface area contributed by atoms with Crippen molar-refractivity contribution < 1.29 is 13.2 Å². The summed E-state index contributed by atoms with van der Waals surface area (Å²) in [6.07, 6.45) is 1.25. The largest absolute Gasteiger partial charge is 0.398 e. The molecule has 1 unspecified atom stereocenters. The van der Waals surface area contributed by atoms with Gasteiger partial charge in [0.25, 0.3) is 0 Å². The lowest BCUT2D eigenvalue weighted by Crippen LogP contribution is -2.53. The number of anilines is 1. The number of hydrogen-bond acceptors (Lipinski definition) is 4. The Balaban J connectivity index is 1.87. The van der Waals surface area contributed by atoms with Crippen LogP contribution in [0.1, 0.15) is 18.4 Å². The Labute approximate surface area is 124 Å². The van der Waals surface area contributed by atoms with Crippen LogP contribution < -0.4 is 5.73 Å². The van der Waals surface area contributed by atoms with Crippen LogP contribution in [0.15, 0.2) is 23.1 Å². The monoisotopic (exact) mass is 309 g/mol. The lowest BCUT2D eigenvalue weighted by Gasteiger charge is -2.36. The lowest BCUT2D eigenvalue weighted by atomic mass is 10.2. The Bertz CT molecular complexity index is 687. The molecule has 1 amide bonds. The minimum atomic E-state index is -3.60. The number of carbonyl (C=O) groups excluding carboxylic acids is 1. The van der Waals surface area contributed by atoms with Crippen LogP contribution in [0.4, 0.5) is 5.69 Å². The number of nitrogens with zero attached hydrogens (tertiary/aromatic N) is 2. The lowest BCUT2D eigenvalue weighted by molar-refractivity contribution is -0.130. The first-order valence-electron chi connectivity index (χ1n) is 7.05. The molecule has 2 fully saturated rings. The third kappa shape index (κ3) is 2.40. The standard InChI is InChI=1S/C14H19N3O3S/c1-10-2-4-13(12(15)8-10)21(19,20)16-6-7-17-11(9-16)3-5-14(17)18/h2,4,8,11H,3,5-7,9,15H2,1H3. The normalized spacial score (nSPS) is 23.4. The van der Waals surface area contributed by atoms with Crippen molar-refractivity contribution in [2.24, 2.45) is 0 Å². The van der Waals surface area contributed by atoms with Gasteiger partial charge in [0.05, 0.1) is 5.69 Å². The number of aryl methyl sites for hydroxylation is 1. The molecule has 114 valence electrons. The van der Waals surface area contributed by atoms with Gasteiger partial charge in [-0.25, -0.2) is 8.42 Å². The molecule has 2 saturated heterocycles. The van der Waals surface area contributed by atoms with Gasteiger partial charge in [0.1, 0.15) is 4.90 Å². The highest BCUT2D eigenvalue weighted by Crippen LogP contribution is 2.29. The van der Waals surface area contributed by atoms with Gasteiger partial charge in [-0.15, -0.1) is 0 Å². The summed E-state index contributed by atoms with van der Waals surface area (Å²) in [7, 11) is -3.60. The Kier molecular flexibility index (Phi) is 3.41. The van der Waals surface area contributed by atoms with Crippen molar-refractivity contribution in [1.29, 1.82) is 0 Å². The van der Waals surface area contributed by atoms with Gasteiger partial charge in [-0.05, 0) is 31.0 Å². The van der Waals surface area contributed by atoms with Gasteiger partial charge in [-0.2, -0.15) is 4.31 Å². The Morgan fingerprint density at radius 2 is 2.05 bits per heavy atom. The highest BCUT2D eigenvalue weighted by molar-refractivity contribution is 7.89. The maximum Gasteiger partial charge on any atom is 0.245 e. The number of fused-ring (bicyclic) bond motifs is 1. The summed E-state index contributed by atoms with van der Waals surface area (Å²) in [5, 5.41) is 0. The molecule has 0 saturated carbocycles. The molecule has 2 heterocycles. The Morgan fingerprint density at radius 3 is 2.76 bits per heavy atom. The van der Waals surface area contributed by atoms with Crippen molar-refractivity contribution in [2.75, 3.05) is 25.4 Å². The molecule has 2 aliphatic heterocycles. The van der Waals surface area contributed by atoms with Gasteiger partial charge in [0.2, 0.25) is 15.9 Å². The number of nitrogens with two attached hydrogens (primary N) is 1. The van der Waals surface area contributed by atoms with Crippen LogP contribution in [0.25, 0.3) is 0 Å². The molecule has 7 heteroatoms. The molecule has 1 aromatic carbocycles. The first-order chi connectivity index (χ1) is 9.89. The Hall–Kier alpha value is -1.60. The van der Waals surface area contributed by atoms with Gasteiger partial charge in [0, 0.05) is 32.1 Å². The van der Waals surface area contributed by atoms with Crippen LogP contribution in [-0.4, -0.2) is 49.2 Å². The van der Waals surface area contributed by atoms with E-state index in [2.05, 4.69) is 0 Å². The fourth-order valence-corrected chi connectivity index (χ4v) is 4.66. The minimum Gasteiger partial charge on any atom is -0.398 e. The van der Waals surface area contributed by atoms with Gasteiger partial charge in [0.15, 0.2) is 0 Å². The first-order valence-corrected chi connectivity index (χ1v) is 8.49. The molecule has 0 bridgehead atoms. The van der Waals surface area contributed by atoms with Crippen molar-refractivity contribution in [3.63, 3.8) is 0 Å². The number of piperazine rings is 1. The third-order valence-corrected chi connectivity index (χ3v) is 6.18. The molecule has 0 radical (unpaired) electrons. The SMILES string of the molecule is Cc1ccc(S(=O)(=O)N2CCN3C(=O)CCC3C2)c(N)c1. The maximum atomic E-state index is 12.7. The zero-order valence-electron chi connectivity index (χ0n) is 11.9. The van der Waals surface area contributed by atoms with Crippen LogP contribution in [0.2, 0.25) is 0 Å². The molecule has 2 aliphatic rings. The van der Waals surface area contributed by atoms with E-state index in [0.717, 1.165) is 12.0 Å². The molecule has 3 rings (SSSR count). The molecule has 1 aromatic rings. The second kappa shape index (κ2) is 4.99. The number of nitrogen functional groups attached to an aromatic ring is 1. The second-order valence-corrected chi connectivity index (χ2v) is 7.59. The predicted octanol–water partition coefficient (Wildman–Crippen LogP) is 0.573. The van der Waals surface area contributed by atoms with Crippen molar-refractivity contribution in [2.45, 2.75) is 30.7 Å². The zero-order valence-corrected chi connectivity index (χ0v) is 12.8. The number of carbonyl (C=O) groups is 1. The summed E-state index contributed by atoms with van der Waals surface area (Å²) < 4.78 is 26.9. The van der Waals surface area contributed by atoms with E-state index in [1.807, 2.05) is 6.92 Å². The average Bonchev–Trinajstić information content (AvgIpc) is 2.79. The molecule has 2 N–H and O–H groups in total. The highest BCUT2D eigenvalue weighted by atomic mass is 32.2. The fourth-order valence-electron chi connectivity index (χ4n) is 3.10. The highest BCUT2D eigenvalue weighted by Gasteiger charge is 2.39. The van der Waals surface area contributed by atoms with Gasteiger partial charge in [-0.3, -0.25) is 4.79 Å². The van der Waals surface area contributed by atoms with Crippen LogP contribution in [0.3, 0.4) is 0 Å². The molecule has 1 atom stereocenters. The van der Waals surface area contributed by atoms with Gasteiger partial charge < -0.3 is 10.6 Å². The average molecular weight is 309 g/mol. The number of amides is 1. The maximum absolute atomic E-state index is 12.7. The van der Waals surface area contributed by atoms with E-state index in [1.54, 1.807) is 23.1 Å². The van der Waals surface area contributed by atoms with Crippen LogP contribution in [-0.2, 0) is 14.8 Å². The summed E-state index contributed by atoms with van der Waals surface area (Å²) in [5.74, 6) is 0.131. The van der Waals surface area contributed by atoms with Crippen LogP contribution in [0.5, 0.6) is 0 Å². The molecule has 6 nitrogen and oxygen atoms in total. The molecular weight excluding hydrogens is 290 g/mol. The first kappa shape index (κ1) is 14.3. The van der Waals surface area contributed by atoms with Crippen molar-refractivity contribution in [3.05, 3.63) is 23.8 Å². The quantitative estimate of drug-likeness (QED) is 0.810. The van der Waals surface area contributed by atoms with E-state index in [1.165, 1.54) is 4.31 Å². The van der Waals surface area contributed by atoms with Crippen molar-refractivity contribution in [1.82, 2.24) is 9.21 Å². The number of rotatable bonds is 2. The molecule has 21 heavy (non-hydrogen) atoms. The van der Waals surface area contributed by atoms with Crippen LogP contribution in [0, 0.1) is 6.92 Å². The zero-order chi connectivity index (χ0) is 15.2. The van der Waals surface area contributed by atoms with E-state index < -0.39 is 10.0 Å². The van der Waals surface area contributed by atoms with E-state index in [4.69, 9.17) is 5.73 Å². The van der Waals surface area contributed by atoms with E-state index in [-0.39, 0.29) is 22.5 Å². The Morgan fingerprint density at radius 1 is 1.29 bits per heavy atom. The summed E-state index contributed by atoms with van der Waals surface area (Å²) in [6.45, 7) is 3.03. The van der Waals surface area contributed by atoms with E-state index >= 15 is 0 Å². The van der Waals surface area contributed by atoms with Crippen molar-refractivity contribution >= 4 is 21.6 Å². The number of hydrogen-bond donors (Lipinski definition) is 1. The molecule has 0 aliphatic carbocycles.